The fourth-order valence-corrected chi connectivity index (χ4v) is 3.80. The second-order valence-electron chi connectivity index (χ2n) is 9.91. The van der Waals surface area contributed by atoms with Gasteiger partial charge in [-0.2, -0.15) is 0 Å². The van der Waals surface area contributed by atoms with E-state index in [2.05, 4.69) is 16.0 Å². The van der Waals surface area contributed by atoms with Gasteiger partial charge in [-0.15, -0.1) is 0 Å². The van der Waals surface area contributed by atoms with Crippen molar-refractivity contribution < 1.29 is 24.0 Å². The molecule has 1 rings (SSSR count). The number of hydrogen-bond acceptors (Lipinski definition) is 5. The van der Waals surface area contributed by atoms with Crippen LogP contribution in [0.1, 0.15) is 60.8 Å². The van der Waals surface area contributed by atoms with Crippen LogP contribution in [0, 0.1) is 17.3 Å². The summed E-state index contributed by atoms with van der Waals surface area (Å²) in [6.07, 6.45) is 1.46. The van der Waals surface area contributed by atoms with Crippen LogP contribution in [-0.4, -0.2) is 66.2 Å². The molecule has 1 saturated heterocycles. The first kappa shape index (κ1) is 27.4. The molecule has 10 nitrogen and oxygen atoms in total. The summed E-state index contributed by atoms with van der Waals surface area (Å²) >= 11 is 0. The number of ketones is 1. The lowest BCUT2D eigenvalue weighted by Crippen LogP contribution is -2.59. The van der Waals surface area contributed by atoms with Crippen LogP contribution < -0.4 is 21.7 Å². The molecular weight excluding hydrogens is 414 g/mol. The van der Waals surface area contributed by atoms with Crippen molar-refractivity contribution in [1.82, 2.24) is 20.9 Å². The Morgan fingerprint density at radius 3 is 2.19 bits per heavy atom. The number of carbonyl (C=O) groups excluding carboxylic acids is 5. The van der Waals surface area contributed by atoms with Gasteiger partial charge in [-0.3, -0.25) is 19.2 Å². The number of nitrogens with two attached hydrogens (primary N) is 1. The van der Waals surface area contributed by atoms with Crippen molar-refractivity contribution in [3.63, 3.8) is 0 Å². The Labute approximate surface area is 190 Å². The van der Waals surface area contributed by atoms with E-state index in [0.29, 0.717) is 13.0 Å². The molecular formula is C22H39N5O5. The Kier molecular flexibility index (Phi) is 9.66. The zero-order valence-electron chi connectivity index (χ0n) is 20.3. The third-order valence-electron chi connectivity index (χ3n) is 5.92. The molecule has 1 aliphatic heterocycles. The molecule has 32 heavy (non-hydrogen) atoms. The van der Waals surface area contributed by atoms with Crippen LogP contribution in [0.3, 0.4) is 0 Å². The van der Waals surface area contributed by atoms with Crippen LogP contribution in [0.25, 0.3) is 0 Å². The molecule has 5 amide bonds. The highest BCUT2D eigenvalue weighted by atomic mass is 16.2. The van der Waals surface area contributed by atoms with Crippen LogP contribution in [0.4, 0.5) is 4.79 Å². The molecule has 0 aromatic rings. The highest BCUT2D eigenvalue weighted by Crippen LogP contribution is 2.28. The van der Waals surface area contributed by atoms with E-state index < -0.39 is 47.2 Å². The highest BCUT2D eigenvalue weighted by Gasteiger charge is 2.44. The Morgan fingerprint density at radius 1 is 1.12 bits per heavy atom. The maximum absolute atomic E-state index is 13.4. The summed E-state index contributed by atoms with van der Waals surface area (Å²) in [5, 5.41) is 7.78. The molecule has 1 heterocycles. The molecule has 1 fully saturated rings. The lowest BCUT2D eigenvalue weighted by Gasteiger charge is -2.35. The smallest absolute Gasteiger partial charge is 0.315 e. The summed E-state index contributed by atoms with van der Waals surface area (Å²) in [7, 11) is 1.46. The Morgan fingerprint density at radius 2 is 1.72 bits per heavy atom. The number of urea groups is 1. The third-order valence-corrected chi connectivity index (χ3v) is 5.92. The molecule has 5 unspecified atom stereocenters. The molecule has 10 heteroatoms. The molecule has 5 N–H and O–H groups in total. The molecule has 0 saturated carbocycles. The number of primary amides is 1. The molecule has 0 aromatic carbocycles. The van der Waals surface area contributed by atoms with Crippen LogP contribution >= 0.6 is 0 Å². The van der Waals surface area contributed by atoms with E-state index in [1.807, 2.05) is 41.5 Å². The third kappa shape index (κ3) is 7.20. The zero-order chi connectivity index (χ0) is 24.8. The van der Waals surface area contributed by atoms with Gasteiger partial charge >= 0.3 is 6.03 Å². The van der Waals surface area contributed by atoms with Gasteiger partial charge in [0.1, 0.15) is 12.1 Å². The van der Waals surface area contributed by atoms with Crippen molar-refractivity contribution in [1.29, 1.82) is 0 Å². The normalized spacial score (nSPS) is 21.3. The zero-order valence-corrected chi connectivity index (χ0v) is 20.3. The Bertz CT molecular complexity index is 733. The van der Waals surface area contributed by atoms with Crippen molar-refractivity contribution in [2.24, 2.45) is 23.0 Å². The number of likely N-dealkylation sites (tertiary alicyclic amines) is 1. The van der Waals surface area contributed by atoms with Gasteiger partial charge in [0, 0.05) is 13.6 Å². The van der Waals surface area contributed by atoms with Crippen LogP contribution in [0.2, 0.25) is 0 Å². The quantitative estimate of drug-likeness (QED) is 0.376. The van der Waals surface area contributed by atoms with Crippen molar-refractivity contribution in [3.05, 3.63) is 0 Å². The molecule has 182 valence electrons. The predicted octanol–water partition coefficient (Wildman–Crippen LogP) is 0.543. The highest BCUT2D eigenvalue weighted by molar-refractivity contribution is 6.37. The Hall–Kier alpha value is -2.65. The SMILES string of the molecule is CCC(C)CC(NC(=O)C1CC(C)CN1C(=O)C(NC(=O)NC)C(C)(C)C)C(=O)C(N)=O. The van der Waals surface area contributed by atoms with Crippen LogP contribution in [-0.2, 0) is 19.2 Å². The van der Waals surface area contributed by atoms with Gasteiger partial charge in [0.15, 0.2) is 0 Å². The molecule has 0 aliphatic carbocycles. The number of Topliss-reactive ketones (excluding diaryl/α,β-unsaturated/α-hetero) is 1. The van der Waals surface area contributed by atoms with E-state index in [9.17, 15) is 24.0 Å². The second-order valence-corrected chi connectivity index (χ2v) is 9.91. The maximum atomic E-state index is 13.4. The largest absolute Gasteiger partial charge is 0.363 e. The first-order valence-corrected chi connectivity index (χ1v) is 11.2. The molecule has 0 spiro atoms. The summed E-state index contributed by atoms with van der Waals surface area (Å²) in [5.74, 6) is -2.69. The maximum Gasteiger partial charge on any atom is 0.315 e. The topological polar surface area (TPSA) is 151 Å². The minimum atomic E-state index is -1.10. The summed E-state index contributed by atoms with van der Waals surface area (Å²) in [6.45, 7) is 11.6. The van der Waals surface area contributed by atoms with Crippen molar-refractivity contribution in [2.75, 3.05) is 13.6 Å². The van der Waals surface area contributed by atoms with Gasteiger partial charge in [-0.1, -0.05) is 48.0 Å². The summed E-state index contributed by atoms with van der Waals surface area (Å²) in [4.78, 5) is 63.7. The molecule has 1 aliphatic rings. The van der Waals surface area contributed by atoms with Crippen LogP contribution in [0.5, 0.6) is 0 Å². The van der Waals surface area contributed by atoms with Crippen molar-refractivity contribution >= 4 is 29.5 Å². The first-order valence-electron chi connectivity index (χ1n) is 11.2. The second kappa shape index (κ2) is 11.3. The van der Waals surface area contributed by atoms with E-state index >= 15 is 0 Å². The van der Waals surface area contributed by atoms with E-state index in [0.717, 1.165) is 6.42 Å². The lowest BCUT2D eigenvalue weighted by molar-refractivity contribution is -0.143. The van der Waals surface area contributed by atoms with Crippen molar-refractivity contribution in [3.8, 4) is 0 Å². The first-order chi connectivity index (χ1) is 14.7. The fourth-order valence-electron chi connectivity index (χ4n) is 3.80. The van der Waals surface area contributed by atoms with Gasteiger partial charge < -0.3 is 26.6 Å². The molecule has 5 atom stereocenters. The monoisotopic (exact) mass is 453 g/mol. The van der Waals surface area contributed by atoms with Gasteiger partial charge in [-0.05, 0) is 30.1 Å². The standard InChI is InChI=1S/C22H39N5O5/c1-8-12(2)9-14(16(28)18(23)29)25-19(30)15-10-13(3)11-27(15)20(31)17(22(4,5)6)26-21(32)24-7/h12-15,17H,8-11H2,1-7H3,(H2,23,29)(H,25,30)(H2,24,26,32). The van der Waals surface area contributed by atoms with Gasteiger partial charge in [0.25, 0.3) is 5.91 Å². The number of nitrogens with zero attached hydrogens (tertiary/aromatic N) is 1. The number of nitrogens with one attached hydrogen (secondary N) is 3. The minimum Gasteiger partial charge on any atom is -0.363 e. The van der Waals surface area contributed by atoms with E-state index in [1.165, 1.54) is 11.9 Å². The van der Waals surface area contributed by atoms with Gasteiger partial charge in [0.2, 0.25) is 17.6 Å². The summed E-state index contributed by atoms with van der Waals surface area (Å²) < 4.78 is 0. The lowest BCUT2D eigenvalue weighted by atomic mass is 9.85. The number of amides is 5. The molecule has 0 bridgehead atoms. The minimum absolute atomic E-state index is 0.0511. The predicted molar refractivity (Wildman–Crippen MR) is 120 cm³/mol. The van der Waals surface area contributed by atoms with Gasteiger partial charge in [0.05, 0.1) is 6.04 Å². The van der Waals surface area contributed by atoms with E-state index in [4.69, 9.17) is 5.73 Å². The Balaban J connectivity index is 3.13. The number of rotatable bonds is 9. The van der Waals surface area contributed by atoms with Crippen molar-refractivity contribution in [2.45, 2.75) is 78.9 Å². The number of carbonyl (C=O) groups is 5. The molecule has 0 aromatic heterocycles. The van der Waals surface area contributed by atoms with E-state index in [-0.39, 0.29) is 24.2 Å². The summed E-state index contributed by atoms with van der Waals surface area (Å²) in [6, 6.07) is -3.20. The van der Waals surface area contributed by atoms with E-state index in [1.54, 1.807) is 0 Å². The average Bonchev–Trinajstić information content (AvgIpc) is 3.10. The summed E-state index contributed by atoms with van der Waals surface area (Å²) in [5.41, 5.74) is 4.58. The number of hydrogen-bond donors (Lipinski definition) is 4. The van der Waals surface area contributed by atoms with Gasteiger partial charge in [-0.25, -0.2) is 4.79 Å². The molecule has 0 radical (unpaired) electrons. The fraction of sp³-hybridized carbons (Fsp3) is 0.773. The average molecular weight is 454 g/mol. The van der Waals surface area contributed by atoms with Crippen LogP contribution in [0.15, 0.2) is 0 Å².